The van der Waals surface area contributed by atoms with Crippen LogP contribution < -0.4 is 14.8 Å². The fourth-order valence-corrected chi connectivity index (χ4v) is 3.24. The van der Waals surface area contributed by atoms with Gasteiger partial charge in [-0.2, -0.15) is 0 Å². The van der Waals surface area contributed by atoms with Gasteiger partial charge in [0.2, 0.25) is 18.6 Å². The van der Waals surface area contributed by atoms with Crippen LogP contribution in [-0.2, 0) is 16.1 Å². The summed E-state index contributed by atoms with van der Waals surface area (Å²) < 4.78 is 10.8. The van der Waals surface area contributed by atoms with Crippen molar-refractivity contribution in [1.82, 2.24) is 10.2 Å². The number of hydrogen-bond acceptors (Lipinski definition) is 4. The molecule has 1 atom stereocenters. The van der Waals surface area contributed by atoms with E-state index in [0.717, 1.165) is 22.4 Å². The van der Waals surface area contributed by atoms with Crippen LogP contribution in [0.4, 0.5) is 0 Å². The van der Waals surface area contributed by atoms with Crippen molar-refractivity contribution in [2.45, 2.75) is 39.8 Å². The molecule has 0 saturated heterocycles. The topological polar surface area (TPSA) is 67.9 Å². The third-order valence-corrected chi connectivity index (χ3v) is 4.78. The summed E-state index contributed by atoms with van der Waals surface area (Å²) in [6, 6.07) is 13.2. The molecule has 0 fully saturated rings. The highest BCUT2D eigenvalue weighted by Crippen LogP contribution is 2.33. The lowest BCUT2D eigenvalue weighted by molar-refractivity contribution is -0.132. The highest BCUT2D eigenvalue weighted by Gasteiger charge is 2.22. The van der Waals surface area contributed by atoms with Gasteiger partial charge in [0.05, 0.1) is 12.5 Å². The predicted octanol–water partition coefficient (Wildman–Crippen LogP) is 3.34. The molecule has 1 aliphatic rings. The molecule has 2 aromatic rings. The minimum atomic E-state index is -0.351. The molecule has 0 radical (unpaired) electrons. The van der Waals surface area contributed by atoms with Crippen molar-refractivity contribution in [3.8, 4) is 11.5 Å². The SMILES string of the molecule is CCN(Cc1ccc2c(c1)OCO2)C(=O)CC(NC(C)=O)c1ccc(C)cc1. The van der Waals surface area contributed by atoms with E-state index in [1.54, 1.807) is 4.90 Å². The summed E-state index contributed by atoms with van der Waals surface area (Å²) in [7, 11) is 0. The van der Waals surface area contributed by atoms with Gasteiger partial charge in [-0.3, -0.25) is 9.59 Å². The van der Waals surface area contributed by atoms with Crippen molar-refractivity contribution in [2.24, 2.45) is 0 Å². The second kappa shape index (κ2) is 8.78. The van der Waals surface area contributed by atoms with E-state index < -0.39 is 0 Å². The summed E-state index contributed by atoms with van der Waals surface area (Å²) in [5, 5.41) is 2.90. The van der Waals surface area contributed by atoms with Gasteiger partial charge in [0.25, 0.3) is 0 Å². The quantitative estimate of drug-likeness (QED) is 0.798. The summed E-state index contributed by atoms with van der Waals surface area (Å²) in [5.41, 5.74) is 3.04. The van der Waals surface area contributed by atoms with Crippen molar-refractivity contribution in [2.75, 3.05) is 13.3 Å². The second-order valence-corrected chi connectivity index (χ2v) is 6.96. The van der Waals surface area contributed by atoms with E-state index in [0.29, 0.717) is 18.8 Å². The number of nitrogens with one attached hydrogen (secondary N) is 1. The lowest BCUT2D eigenvalue weighted by atomic mass is 10.0. The Morgan fingerprint density at radius 1 is 1.11 bits per heavy atom. The third kappa shape index (κ3) is 4.82. The molecule has 0 saturated carbocycles. The first-order valence-corrected chi connectivity index (χ1v) is 9.46. The maximum absolute atomic E-state index is 13.0. The largest absolute Gasteiger partial charge is 0.454 e. The molecular formula is C22H26N2O4. The van der Waals surface area contributed by atoms with Crippen LogP contribution in [0.15, 0.2) is 42.5 Å². The van der Waals surface area contributed by atoms with E-state index >= 15 is 0 Å². The Kier molecular flexibility index (Phi) is 6.19. The Morgan fingerprint density at radius 2 is 1.82 bits per heavy atom. The van der Waals surface area contributed by atoms with Gasteiger partial charge < -0.3 is 19.7 Å². The number of benzene rings is 2. The molecule has 28 heavy (non-hydrogen) atoms. The molecular weight excluding hydrogens is 356 g/mol. The fraction of sp³-hybridized carbons (Fsp3) is 0.364. The van der Waals surface area contributed by atoms with Crippen LogP contribution in [0, 0.1) is 6.92 Å². The number of amides is 2. The van der Waals surface area contributed by atoms with Gasteiger partial charge >= 0.3 is 0 Å². The molecule has 1 unspecified atom stereocenters. The number of rotatable bonds is 7. The highest BCUT2D eigenvalue weighted by molar-refractivity contribution is 5.79. The van der Waals surface area contributed by atoms with Crippen LogP contribution in [-0.4, -0.2) is 30.1 Å². The molecule has 0 bridgehead atoms. The van der Waals surface area contributed by atoms with Gasteiger partial charge in [0.1, 0.15) is 0 Å². The number of hydrogen-bond donors (Lipinski definition) is 1. The third-order valence-electron chi connectivity index (χ3n) is 4.78. The lowest BCUT2D eigenvalue weighted by Gasteiger charge is -2.25. The van der Waals surface area contributed by atoms with Crippen LogP contribution in [0.3, 0.4) is 0 Å². The van der Waals surface area contributed by atoms with Crippen molar-refractivity contribution in [3.63, 3.8) is 0 Å². The number of carbonyl (C=O) groups is 2. The Labute approximate surface area is 165 Å². The van der Waals surface area contributed by atoms with Gasteiger partial charge in [-0.25, -0.2) is 0 Å². The minimum Gasteiger partial charge on any atom is -0.454 e. The van der Waals surface area contributed by atoms with Gasteiger partial charge in [-0.05, 0) is 37.1 Å². The zero-order valence-electron chi connectivity index (χ0n) is 16.5. The molecule has 6 heteroatoms. The molecule has 3 rings (SSSR count). The predicted molar refractivity (Wildman–Crippen MR) is 106 cm³/mol. The summed E-state index contributed by atoms with van der Waals surface area (Å²) in [6.07, 6.45) is 0.209. The number of fused-ring (bicyclic) bond motifs is 1. The first-order chi connectivity index (χ1) is 13.5. The van der Waals surface area contributed by atoms with E-state index in [9.17, 15) is 9.59 Å². The zero-order chi connectivity index (χ0) is 20.1. The fourth-order valence-electron chi connectivity index (χ4n) is 3.24. The van der Waals surface area contributed by atoms with E-state index in [1.807, 2.05) is 56.3 Å². The summed E-state index contributed by atoms with van der Waals surface area (Å²) in [5.74, 6) is 1.26. The molecule has 2 amide bonds. The molecule has 1 aliphatic heterocycles. The van der Waals surface area contributed by atoms with Crippen molar-refractivity contribution in [3.05, 3.63) is 59.2 Å². The average Bonchev–Trinajstić information content (AvgIpc) is 3.13. The maximum atomic E-state index is 13.0. The number of carbonyl (C=O) groups excluding carboxylic acids is 2. The lowest BCUT2D eigenvalue weighted by Crippen LogP contribution is -2.35. The molecule has 0 aliphatic carbocycles. The van der Waals surface area contributed by atoms with Crippen molar-refractivity contribution in [1.29, 1.82) is 0 Å². The maximum Gasteiger partial charge on any atom is 0.231 e. The number of ether oxygens (including phenoxy) is 2. The van der Waals surface area contributed by atoms with E-state index in [1.165, 1.54) is 6.92 Å². The summed E-state index contributed by atoms with van der Waals surface area (Å²) in [4.78, 5) is 26.4. The van der Waals surface area contributed by atoms with Gasteiger partial charge in [0, 0.05) is 20.0 Å². The Morgan fingerprint density at radius 3 is 2.50 bits per heavy atom. The van der Waals surface area contributed by atoms with Crippen molar-refractivity contribution < 1.29 is 19.1 Å². The van der Waals surface area contributed by atoms with Crippen LogP contribution in [0.5, 0.6) is 11.5 Å². The minimum absolute atomic E-state index is 0.0144. The molecule has 1 N–H and O–H groups in total. The number of aryl methyl sites for hydroxylation is 1. The van der Waals surface area contributed by atoms with E-state index in [2.05, 4.69) is 5.32 Å². The smallest absolute Gasteiger partial charge is 0.231 e. The standard InChI is InChI=1S/C22H26N2O4/c1-4-24(13-17-7-10-20-21(11-17)28-14-27-20)22(26)12-19(23-16(3)25)18-8-5-15(2)6-9-18/h5-11,19H,4,12-14H2,1-3H3,(H,23,25). The van der Waals surface area contributed by atoms with Gasteiger partial charge in [0.15, 0.2) is 11.5 Å². The van der Waals surface area contributed by atoms with Crippen LogP contribution >= 0.6 is 0 Å². The average molecular weight is 382 g/mol. The first-order valence-electron chi connectivity index (χ1n) is 9.46. The molecule has 148 valence electrons. The Bertz CT molecular complexity index is 848. The van der Waals surface area contributed by atoms with Gasteiger partial charge in [-0.1, -0.05) is 35.9 Å². The molecule has 1 heterocycles. The second-order valence-electron chi connectivity index (χ2n) is 6.96. The summed E-state index contributed by atoms with van der Waals surface area (Å²) >= 11 is 0. The number of nitrogens with zero attached hydrogens (tertiary/aromatic N) is 1. The first kappa shape index (κ1) is 19.7. The summed E-state index contributed by atoms with van der Waals surface area (Å²) in [6.45, 7) is 6.71. The monoisotopic (exact) mass is 382 g/mol. The Balaban J connectivity index is 1.71. The molecule has 0 spiro atoms. The van der Waals surface area contributed by atoms with Gasteiger partial charge in [-0.15, -0.1) is 0 Å². The normalized spacial score (nSPS) is 13.1. The Hall–Kier alpha value is -3.02. The van der Waals surface area contributed by atoms with E-state index in [4.69, 9.17) is 9.47 Å². The molecule has 6 nitrogen and oxygen atoms in total. The van der Waals surface area contributed by atoms with Crippen LogP contribution in [0.25, 0.3) is 0 Å². The molecule has 0 aromatic heterocycles. The zero-order valence-corrected chi connectivity index (χ0v) is 16.5. The van der Waals surface area contributed by atoms with Crippen LogP contribution in [0.2, 0.25) is 0 Å². The van der Waals surface area contributed by atoms with Crippen LogP contribution in [0.1, 0.15) is 43.0 Å². The van der Waals surface area contributed by atoms with Crippen molar-refractivity contribution >= 4 is 11.8 Å². The highest BCUT2D eigenvalue weighted by atomic mass is 16.7. The molecule has 2 aromatic carbocycles. The van der Waals surface area contributed by atoms with E-state index in [-0.39, 0.29) is 31.1 Å².